The number of sulfone groups is 1. The van der Waals surface area contributed by atoms with Gasteiger partial charge < -0.3 is 18.9 Å². The number of carbonyl (C=O) groups excluding carboxylic acids is 4. The molecule has 11 atom stereocenters. The van der Waals surface area contributed by atoms with Crippen LogP contribution in [-0.2, 0) is 48.0 Å². The van der Waals surface area contributed by atoms with Crippen LogP contribution in [0.15, 0.2) is 0 Å². The lowest BCUT2D eigenvalue weighted by molar-refractivity contribution is -0.239. The highest BCUT2D eigenvalue weighted by atomic mass is 32.2. The molecule has 1 heterocycles. The minimum atomic E-state index is -2.95. The van der Waals surface area contributed by atoms with E-state index in [1.54, 1.807) is 0 Å². The molecule has 4 aliphatic carbocycles. The molecule has 0 aromatic rings. The Morgan fingerprint density at radius 2 is 1.51 bits per heavy atom. The van der Waals surface area contributed by atoms with Gasteiger partial charge in [0.1, 0.15) is 24.9 Å². The first-order valence-electron chi connectivity index (χ1n) is 18.5. The number of hydrogen-bond acceptors (Lipinski definition) is 11. The van der Waals surface area contributed by atoms with Crippen LogP contribution >= 0.6 is 0 Å². The lowest BCUT2D eigenvalue weighted by Gasteiger charge is -2.67. The average molecular weight is 710 g/mol. The molecule has 0 spiro atoms. The van der Waals surface area contributed by atoms with Crippen molar-refractivity contribution in [1.82, 2.24) is 4.90 Å². The highest BCUT2D eigenvalue weighted by Crippen LogP contribution is 2.71. The molecule has 0 bridgehead atoms. The summed E-state index contributed by atoms with van der Waals surface area (Å²) in [7, 11) is -2.95. The van der Waals surface area contributed by atoms with E-state index in [9.17, 15) is 27.6 Å². The third-order valence-electron chi connectivity index (χ3n) is 13.9. The second kappa shape index (κ2) is 14.4. The van der Waals surface area contributed by atoms with Crippen LogP contribution in [0.2, 0.25) is 0 Å². The fourth-order valence-electron chi connectivity index (χ4n) is 11.0. The molecule has 1 unspecified atom stereocenters. The van der Waals surface area contributed by atoms with Crippen LogP contribution in [0, 0.1) is 45.8 Å². The van der Waals surface area contributed by atoms with Gasteiger partial charge in [0.15, 0.2) is 9.84 Å². The van der Waals surface area contributed by atoms with E-state index in [0.717, 1.165) is 25.7 Å². The zero-order chi connectivity index (χ0) is 35.9. The Labute approximate surface area is 292 Å². The summed E-state index contributed by atoms with van der Waals surface area (Å²) >= 11 is 0. The molecule has 11 nitrogen and oxygen atoms in total. The Hall–Kier alpha value is -2.21. The molecule has 0 aromatic heterocycles. The summed E-state index contributed by atoms with van der Waals surface area (Å²) in [6.45, 7) is 15.2. The average Bonchev–Trinajstić information content (AvgIpc) is 3.36. The summed E-state index contributed by atoms with van der Waals surface area (Å²) in [4.78, 5) is 51.8. The zero-order valence-corrected chi connectivity index (χ0v) is 31.5. The van der Waals surface area contributed by atoms with Gasteiger partial charge in [0.2, 0.25) is 0 Å². The number of carbonyl (C=O) groups is 4. The Balaban J connectivity index is 1.30. The largest absolute Gasteiger partial charge is 0.464 e. The molecule has 1 aliphatic heterocycles. The quantitative estimate of drug-likeness (QED) is 0.229. The molecule has 49 heavy (non-hydrogen) atoms. The van der Waals surface area contributed by atoms with Gasteiger partial charge in [0.05, 0.1) is 11.5 Å². The zero-order valence-electron chi connectivity index (χ0n) is 30.7. The molecule has 0 amide bonds. The molecule has 5 aliphatic rings. The second-order valence-corrected chi connectivity index (χ2v) is 19.2. The maximum absolute atomic E-state index is 12.7. The van der Waals surface area contributed by atoms with Crippen molar-refractivity contribution in [2.45, 2.75) is 125 Å². The Morgan fingerprint density at radius 1 is 0.857 bits per heavy atom. The van der Waals surface area contributed by atoms with E-state index in [-0.39, 0.29) is 100 Å². The van der Waals surface area contributed by atoms with Crippen molar-refractivity contribution in [3.8, 4) is 0 Å². The minimum absolute atomic E-state index is 0.107. The topological polar surface area (TPSA) is 143 Å². The van der Waals surface area contributed by atoms with Gasteiger partial charge in [-0.05, 0) is 85.9 Å². The number of rotatable bonds is 10. The van der Waals surface area contributed by atoms with Crippen LogP contribution < -0.4 is 0 Å². The molecule has 278 valence electrons. The van der Waals surface area contributed by atoms with Crippen molar-refractivity contribution in [3.05, 3.63) is 0 Å². The van der Waals surface area contributed by atoms with Crippen molar-refractivity contribution in [2.24, 2.45) is 45.8 Å². The van der Waals surface area contributed by atoms with E-state index in [1.165, 1.54) is 20.8 Å². The van der Waals surface area contributed by atoms with Crippen molar-refractivity contribution in [3.63, 3.8) is 0 Å². The summed E-state index contributed by atoms with van der Waals surface area (Å²) in [5.41, 5.74) is -0.662. The lowest BCUT2D eigenvalue weighted by atomic mass is 9.39. The highest BCUT2D eigenvalue weighted by molar-refractivity contribution is 7.91. The Bertz CT molecular complexity index is 1370. The highest BCUT2D eigenvalue weighted by Gasteiger charge is 2.69. The monoisotopic (exact) mass is 709 g/mol. The minimum Gasteiger partial charge on any atom is -0.464 e. The number of nitrogens with zero attached hydrogens (tertiary/aromatic N) is 1. The van der Waals surface area contributed by atoms with E-state index in [0.29, 0.717) is 57.7 Å². The van der Waals surface area contributed by atoms with Crippen LogP contribution in [0.1, 0.15) is 106 Å². The van der Waals surface area contributed by atoms with Gasteiger partial charge in [-0.3, -0.25) is 24.1 Å². The molecular weight excluding hydrogens is 650 g/mol. The lowest BCUT2D eigenvalue weighted by Crippen LogP contribution is -2.65. The summed E-state index contributed by atoms with van der Waals surface area (Å²) < 4.78 is 47.1. The Kier molecular flexibility index (Phi) is 11.2. The smallest absolute Gasteiger partial charge is 0.305 e. The van der Waals surface area contributed by atoms with E-state index in [4.69, 9.17) is 18.9 Å². The Morgan fingerprint density at radius 3 is 2.14 bits per heavy atom. The van der Waals surface area contributed by atoms with Gasteiger partial charge in [-0.2, -0.15) is 0 Å². The fraction of sp³-hybridized carbons (Fsp3) is 0.892. The predicted octanol–water partition coefficient (Wildman–Crippen LogP) is 4.74. The second-order valence-electron chi connectivity index (χ2n) is 16.9. The molecule has 0 radical (unpaired) electrons. The van der Waals surface area contributed by atoms with Crippen LogP contribution in [0.4, 0.5) is 0 Å². The van der Waals surface area contributed by atoms with Crippen LogP contribution in [0.3, 0.4) is 0 Å². The predicted molar refractivity (Wildman–Crippen MR) is 182 cm³/mol. The molecule has 0 N–H and O–H groups in total. The van der Waals surface area contributed by atoms with Gasteiger partial charge >= 0.3 is 23.9 Å². The fourth-order valence-corrected chi connectivity index (χ4v) is 12.3. The molecule has 1 saturated heterocycles. The maximum atomic E-state index is 12.7. The molecule has 0 aromatic carbocycles. The third kappa shape index (κ3) is 8.00. The number of hydrogen-bond donors (Lipinski definition) is 0. The number of ether oxygens (including phenoxy) is 4. The molecule has 12 heteroatoms. The summed E-state index contributed by atoms with van der Waals surface area (Å²) in [5.74, 6) is 0.163. The van der Waals surface area contributed by atoms with Gasteiger partial charge in [-0.25, -0.2) is 8.42 Å². The third-order valence-corrected chi connectivity index (χ3v) is 15.5. The van der Waals surface area contributed by atoms with E-state index >= 15 is 0 Å². The standard InChI is InChI=1S/C37H59NO10S/c1-23(8-9-33(42)45-15-12-38-13-16-49(43,44)17-14-38)27-18-29-34-30(19-32(48-26(4)41)36(29,6)20-27)37(7)11-10-28(46-24(2)39)21-35(37,5)22-31(34)47-25(3)40/h23,27-32,34H,8-22H2,1-7H3/t23-,27+,28-,29+,30?,31-,32+,34+,35+,36-,37-/m0/s1. The first-order chi connectivity index (χ1) is 22.9. The summed E-state index contributed by atoms with van der Waals surface area (Å²) in [6, 6.07) is 0. The SMILES string of the molecule is CC(=O)O[C@H]1CC[C@@]2(C)C3C[C@@H](OC(C)=O)[C@@]4(C)C[C@H]([C@@H](C)CCC(=O)OCCN5CCS(=O)(=O)CC5)C[C@@H]4[C@H]3[C@@H](OC(C)=O)C[C@@]2(C)C1. The number of esters is 4. The first kappa shape index (κ1) is 38.0. The van der Waals surface area contributed by atoms with Gasteiger partial charge in [-0.15, -0.1) is 0 Å². The van der Waals surface area contributed by atoms with Crippen molar-refractivity contribution >= 4 is 33.7 Å². The first-order valence-corrected chi connectivity index (χ1v) is 20.3. The van der Waals surface area contributed by atoms with Gasteiger partial charge in [0, 0.05) is 58.2 Å². The summed E-state index contributed by atoms with van der Waals surface area (Å²) in [5, 5.41) is 0. The normalized spacial score (nSPS) is 40.5. The number of fused-ring (bicyclic) bond motifs is 5. The molecule has 5 rings (SSSR count). The van der Waals surface area contributed by atoms with Crippen molar-refractivity contribution in [2.75, 3.05) is 37.7 Å². The maximum Gasteiger partial charge on any atom is 0.305 e. The van der Waals surface area contributed by atoms with Crippen LogP contribution in [-0.4, -0.2) is 93.3 Å². The van der Waals surface area contributed by atoms with E-state index in [1.807, 2.05) is 4.90 Å². The summed E-state index contributed by atoms with van der Waals surface area (Å²) in [6.07, 6.45) is 5.80. The van der Waals surface area contributed by atoms with Crippen LogP contribution in [0.25, 0.3) is 0 Å². The molecule has 4 saturated carbocycles. The molecule has 5 fully saturated rings. The molecular formula is C37H59NO10S. The van der Waals surface area contributed by atoms with Gasteiger partial charge in [0.25, 0.3) is 0 Å². The van der Waals surface area contributed by atoms with Gasteiger partial charge in [-0.1, -0.05) is 27.7 Å². The van der Waals surface area contributed by atoms with E-state index < -0.39 is 9.84 Å². The van der Waals surface area contributed by atoms with Crippen molar-refractivity contribution in [1.29, 1.82) is 0 Å². The van der Waals surface area contributed by atoms with Crippen LogP contribution in [0.5, 0.6) is 0 Å². The van der Waals surface area contributed by atoms with E-state index in [2.05, 4.69) is 27.7 Å². The van der Waals surface area contributed by atoms with Crippen molar-refractivity contribution < 1.29 is 46.5 Å².